The highest BCUT2D eigenvalue weighted by atomic mass is 16.5. The topological polar surface area (TPSA) is 124 Å². The first-order chi connectivity index (χ1) is 14.6. The predicted molar refractivity (Wildman–Crippen MR) is 118 cm³/mol. The van der Waals surface area contributed by atoms with Gasteiger partial charge in [0.1, 0.15) is 11.9 Å². The van der Waals surface area contributed by atoms with Crippen molar-refractivity contribution in [1.82, 2.24) is 0 Å². The number of fused-ring (bicyclic) bond motifs is 1. The minimum atomic E-state index is -1.51. The van der Waals surface area contributed by atoms with Crippen molar-refractivity contribution in [3.63, 3.8) is 0 Å². The lowest BCUT2D eigenvalue weighted by Gasteiger charge is -2.61. The Morgan fingerprint density at radius 1 is 1.31 bits per heavy atom. The molecule has 3 rings (SSSR count). The summed E-state index contributed by atoms with van der Waals surface area (Å²) in [5.41, 5.74) is -3.11. The summed E-state index contributed by atoms with van der Waals surface area (Å²) >= 11 is 0. The first kappa shape index (κ1) is 24.9. The van der Waals surface area contributed by atoms with Crippen molar-refractivity contribution in [2.75, 3.05) is 0 Å². The molecule has 180 valence electrons. The van der Waals surface area contributed by atoms with Crippen molar-refractivity contribution in [3.8, 4) is 0 Å². The number of carbonyl (C=O) groups excluding carboxylic acids is 1. The van der Waals surface area contributed by atoms with Gasteiger partial charge in [0, 0.05) is 6.08 Å². The lowest BCUT2D eigenvalue weighted by atomic mass is 9.44. The molecule has 0 amide bonds. The highest BCUT2D eigenvalue weighted by Crippen LogP contribution is 2.63. The van der Waals surface area contributed by atoms with E-state index in [1.165, 1.54) is 19.1 Å². The van der Waals surface area contributed by atoms with E-state index in [0.717, 1.165) is 12.8 Å². The number of allylic oxidation sites excluding steroid dienone is 1. The molecule has 7 nitrogen and oxygen atoms in total. The monoisotopic (exact) mass is 450 g/mol. The van der Waals surface area contributed by atoms with E-state index in [-0.39, 0.29) is 29.4 Å². The van der Waals surface area contributed by atoms with E-state index in [0.29, 0.717) is 31.3 Å². The van der Waals surface area contributed by atoms with Gasteiger partial charge in [-0.2, -0.15) is 0 Å². The Labute approximate surface area is 190 Å². The standard InChI is InChI=1S/C25H38O7/c1-15-13-20(27)32-16(15)14-19(26)25(5,31)12-8-18-22(2)9-6-10-23(3,21(28)29)17(22)7-11-24(18,4)30/h13-14,17-19,26,30-31H,6-12H2,1-5H3,(H,28,29). The molecule has 0 radical (unpaired) electrons. The van der Waals surface area contributed by atoms with Gasteiger partial charge in [-0.3, -0.25) is 4.79 Å². The van der Waals surface area contributed by atoms with Crippen LogP contribution in [0.5, 0.6) is 0 Å². The molecule has 0 saturated heterocycles. The van der Waals surface area contributed by atoms with Gasteiger partial charge in [0.25, 0.3) is 0 Å². The first-order valence-electron chi connectivity index (χ1n) is 11.6. The van der Waals surface area contributed by atoms with Gasteiger partial charge in [-0.05, 0) is 95.1 Å². The highest BCUT2D eigenvalue weighted by molar-refractivity contribution is 5.88. The van der Waals surface area contributed by atoms with Crippen LogP contribution in [0.15, 0.2) is 23.5 Å². The van der Waals surface area contributed by atoms with E-state index in [1.807, 2.05) is 13.8 Å². The maximum atomic E-state index is 12.2. The zero-order valence-corrected chi connectivity index (χ0v) is 19.9. The van der Waals surface area contributed by atoms with Crippen LogP contribution >= 0.6 is 0 Å². The van der Waals surface area contributed by atoms with Crippen molar-refractivity contribution < 1.29 is 34.8 Å². The van der Waals surface area contributed by atoms with E-state index in [9.17, 15) is 30.0 Å². The molecule has 4 N–H and O–H groups in total. The molecule has 1 heterocycles. The minimum Gasteiger partial charge on any atom is -0.481 e. The molecule has 0 aromatic carbocycles. The number of esters is 1. The second kappa shape index (κ2) is 8.26. The summed E-state index contributed by atoms with van der Waals surface area (Å²) in [7, 11) is 0. The number of rotatable bonds is 6. The fourth-order valence-corrected chi connectivity index (χ4v) is 6.73. The largest absolute Gasteiger partial charge is 0.481 e. The lowest BCUT2D eigenvalue weighted by molar-refractivity contribution is -0.193. The minimum absolute atomic E-state index is 0.0610. The normalized spacial score (nSPS) is 41.4. The number of aliphatic hydroxyl groups is 3. The Morgan fingerprint density at radius 3 is 2.53 bits per heavy atom. The quantitative estimate of drug-likeness (QED) is 0.458. The molecule has 0 bridgehead atoms. The number of aliphatic carboxylic acids is 1. The summed E-state index contributed by atoms with van der Waals surface area (Å²) in [5.74, 6) is -1.32. The van der Waals surface area contributed by atoms with Gasteiger partial charge < -0.3 is 25.2 Å². The Balaban J connectivity index is 1.81. The van der Waals surface area contributed by atoms with Crippen molar-refractivity contribution in [2.45, 2.75) is 96.9 Å². The third kappa shape index (κ3) is 4.27. The van der Waals surface area contributed by atoms with Crippen LogP contribution < -0.4 is 0 Å². The average molecular weight is 451 g/mol. The highest BCUT2D eigenvalue weighted by Gasteiger charge is 2.61. The SMILES string of the molecule is CC1=CC(=O)OC1=CC(O)C(C)(O)CCC1C(C)(O)CCC2C(C)(C(=O)O)CCCC12C. The van der Waals surface area contributed by atoms with Gasteiger partial charge in [0.2, 0.25) is 0 Å². The van der Waals surface area contributed by atoms with Crippen LogP contribution in [0.2, 0.25) is 0 Å². The molecular formula is C25H38O7. The number of aliphatic hydroxyl groups excluding tert-OH is 1. The molecular weight excluding hydrogens is 412 g/mol. The molecule has 0 aromatic heterocycles. The second-order valence-electron chi connectivity index (χ2n) is 11.2. The molecule has 7 heteroatoms. The van der Waals surface area contributed by atoms with Crippen LogP contribution in [0.4, 0.5) is 0 Å². The molecule has 1 aliphatic heterocycles. The molecule has 7 atom stereocenters. The Hall–Kier alpha value is -1.70. The molecule has 3 aliphatic rings. The van der Waals surface area contributed by atoms with E-state index in [1.54, 1.807) is 6.92 Å². The summed E-state index contributed by atoms with van der Waals surface area (Å²) in [6, 6.07) is 0. The van der Waals surface area contributed by atoms with Crippen molar-refractivity contribution in [1.29, 1.82) is 0 Å². The molecule has 32 heavy (non-hydrogen) atoms. The number of hydrogen-bond donors (Lipinski definition) is 4. The summed E-state index contributed by atoms with van der Waals surface area (Å²) in [6.45, 7) is 8.96. The molecule has 2 aliphatic carbocycles. The summed E-state index contributed by atoms with van der Waals surface area (Å²) in [5, 5.41) is 43.0. The van der Waals surface area contributed by atoms with Gasteiger partial charge in [-0.1, -0.05) is 13.3 Å². The van der Waals surface area contributed by atoms with E-state index < -0.39 is 34.7 Å². The molecule has 0 spiro atoms. The third-order valence-corrected chi connectivity index (χ3v) is 8.77. The third-order valence-electron chi connectivity index (χ3n) is 8.77. The van der Waals surface area contributed by atoms with Gasteiger partial charge in [0.05, 0.1) is 16.6 Å². The lowest BCUT2D eigenvalue weighted by Crippen LogP contribution is -2.60. The Bertz CT molecular complexity index is 839. The molecule has 2 fully saturated rings. The van der Waals surface area contributed by atoms with Crippen molar-refractivity contribution in [2.24, 2.45) is 22.7 Å². The van der Waals surface area contributed by atoms with Gasteiger partial charge in [-0.25, -0.2) is 4.79 Å². The van der Waals surface area contributed by atoms with Crippen LogP contribution in [0.1, 0.15) is 79.6 Å². The maximum absolute atomic E-state index is 12.2. The van der Waals surface area contributed by atoms with Crippen molar-refractivity contribution >= 4 is 11.9 Å². The summed E-state index contributed by atoms with van der Waals surface area (Å²) in [6.07, 6.45) is 5.48. The molecule has 0 aromatic rings. The van der Waals surface area contributed by atoms with Crippen LogP contribution in [-0.4, -0.2) is 49.7 Å². The number of ether oxygens (including phenoxy) is 1. The Morgan fingerprint density at radius 2 is 1.97 bits per heavy atom. The smallest absolute Gasteiger partial charge is 0.336 e. The second-order valence-corrected chi connectivity index (χ2v) is 11.2. The average Bonchev–Trinajstić information content (AvgIpc) is 2.97. The summed E-state index contributed by atoms with van der Waals surface area (Å²) in [4.78, 5) is 23.6. The molecule has 7 unspecified atom stereocenters. The number of carboxylic acid groups (broad SMARTS) is 1. The summed E-state index contributed by atoms with van der Waals surface area (Å²) < 4.78 is 5.06. The van der Waals surface area contributed by atoms with Crippen LogP contribution in [0.25, 0.3) is 0 Å². The fourth-order valence-electron chi connectivity index (χ4n) is 6.73. The zero-order chi connectivity index (χ0) is 24.1. The van der Waals surface area contributed by atoms with Gasteiger partial charge in [-0.15, -0.1) is 0 Å². The van der Waals surface area contributed by atoms with Gasteiger partial charge >= 0.3 is 11.9 Å². The number of hydrogen-bond acceptors (Lipinski definition) is 6. The fraction of sp³-hybridized carbons (Fsp3) is 0.760. The zero-order valence-electron chi connectivity index (χ0n) is 19.9. The number of carboxylic acids is 1. The maximum Gasteiger partial charge on any atom is 0.336 e. The molecule has 2 saturated carbocycles. The van der Waals surface area contributed by atoms with Crippen LogP contribution in [0, 0.1) is 22.7 Å². The Kier molecular flexibility index (Phi) is 6.44. The first-order valence-corrected chi connectivity index (χ1v) is 11.6. The predicted octanol–water partition coefficient (Wildman–Crippen LogP) is 3.32. The van der Waals surface area contributed by atoms with Crippen LogP contribution in [0.3, 0.4) is 0 Å². The van der Waals surface area contributed by atoms with Crippen LogP contribution in [-0.2, 0) is 14.3 Å². The van der Waals surface area contributed by atoms with E-state index in [2.05, 4.69) is 6.92 Å². The van der Waals surface area contributed by atoms with Crippen molar-refractivity contribution in [3.05, 3.63) is 23.5 Å². The number of carbonyl (C=O) groups is 2. The van der Waals surface area contributed by atoms with E-state index in [4.69, 9.17) is 4.74 Å². The van der Waals surface area contributed by atoms with E-state index >= 15 is 0 Å². The van der Waals surface area contributed by atoms with Gasteiger partial charge in [0.15, 0.2) is 0 Å². The number of cyclic esters (lactones) is 1.